The van der Waals surface area contributed by atoms with E-state index in [-0.39, 0.29) is 0 Å². The van der Waals surface area contributed by atoms with E-state index in [1.165, 1.54) is 11.3 Å². The van der Waals surface area contributed by atoms with Crippen molar-refractivity contribution in [1.29, 1.82) is 5.26 Å². The zero-order valence-corrected chi connectivity index (χ0v) is 16.7. The molecule has 29 heavy (non-hydrogen) atoms. The largest absolute Gasteiger partial charge is 0.493 e. The minimum absolute atomic E-state index is 0.485. The van der Waals surface area contributed by atoms with E-state index in [2.05, 4.69) is 33.8 Å². The van der Waals surface area contributed by atoms with Gasteiger partial charge in [0.05, 0.1) is 25.5 Å². The summed E-state index contributed by atoms with van der Waals surface area (Å²) in [7, 11) is 3.21. The minimum Gasteiger partial charge on any atom is -0.493 e. The van der Waals surface area contributed by atoms with Crippen molar-refractivity contribution >= 4 is 17.1 Å². The second kappa shape index (κ2) is 7.72. The third kappa shape index (κ3) is 3.43. The number of nitrogens with zero attached hydrogens (tertiary/aromatic N) is 2. The van der Waals surface area contributed by atoms with Crippen molar-refractivity contribution in [2.45, 2.75) is 13.3 Å². The molecule has 3 aromatic rings. The molecule has 2 N–H and O–H groups in total. The first-order chi connectivity index (χ1) is 14.1. The molecule has 6 heteroatoms. The van der Waals surface area contributed by atoms with Crippen LogP contribution in [0.3, 0.4) is 0 Å². The predicted octanol–water partition coefficient (Wildman–Crippen LogP) is 4.66. The van der Waals surface area contributed by atoms with E-state index in [1.54, 1.807) is 20.4 Å². The lowest BCUT2D eigenvalue weighted by atomic mass is 9.99. The van der Waals surface area contributed by atoms with Gasteiger partial charge in [-0.25, -0.2) is 0 Å². The quantitative estimate of drug-likeness (QED) is 0.664. The van der Waals surface area contributed by atoms with Crippen LogP contribution in [0.15, 0.2) is 42.6 Å². The fraction of sp³-hybridized carbons (Fsp3) is 0.217. The first-order valence-corrected chi connectivity index (χ1v) is 9.40. The number of fused-ring (bicyclic) bond motifs is 1. The molecule has 0 amide bonds. The minimum atomic E-state index is 0.485. The molecule has 2 aromatic carbocycles. The highest BCUT2D eigenvalue weighted by Crippen LogP contribution is 2.39. The monoisotopic (exact) mass is 386 g/mol. The summed E-state index contributed by atoms with van der Waals surface area (Å²) in [6, 6.07) is 14.2. The summed E-state index contributed by atoms with van der Waals surface area (Å²) in [5, 5.41) is 16.5. The maximum absolute atomic E-state index is 9.71. The summed E-state index contributed by atoms with van der Waals surface area (Å²) in [4.78, 5) is 4.44. The van der Waals surface area contributed by atoms with Gasteiger partial charge in [0.25, 0.3) is 0 Å². The third-order valence-corrected chi connectivity index (χ3v) is 5.15. The van der Waals surface area contributed by atoms with Gasteiger partial charge >= 0.3 is 0 Å². The summed E-state index contributed by atoms with van der Waals surface area (Å²) >= 11 is 0. The van der Waals surface area contributed by atoms with Crippen LogP contribution in [-0.2, 0) is 6.42 Å². The van der Waals surface area contributed by atoms with Gasteiger partial charge < -0.3 is 20.1 Å². The number of nitriles is 1. The highest BCUT2D eigenvalue weighted by atomic mass is 16.5. The van der Waals surface area contributed by atoms with E-state index < -0.39 is 0 Å². The number of benzene rings is 2. The molecule has 0 radical (unpaired) electrons. The molecule has 0 atom stereocenters. The molecule has 6 nitrogen and oxygen atoms in total. The van der Waals surface area contributed by atoms with Gasteiger partial charge in [-0.1, -0.05) is 6.07 Å². The van der Waals surface area contributed by atoms with Crippen molar-refractivity contribution in [1.82, 2.24) is 4.98 Å². The second-order valence-electron chi connectivity index (χ2n) is 6.86. The number of ether oxygens (including phenoxy) is 2. The van der Waals surface area contributed by atoms with Crippen molar-refractivity contribution in [2.24, 2.45) is 0 Å². The Morgan fingerprint density at radius 2 is 1.93 bits per heavy atom. The summed E-state index contributed by atoms with van der Waals surface area (Å²) in [5.41, 5.74) is 7.18. The van der Waals surface area contributed by atoms with E-state index in [4.69, 9.17) is 9.47 Å². The topological polar surface area (TPSA) is 79.2 Å². The van der Waals surface area contributed by atoms with Gasteiger partial charge in [0.2, 0.25) is 0 Å². The van der Waals surface area contributed by atoms with Crippen LogP contribution in [0.1, 0.15) is 16.8 Å². The third-order valence-electron chi connectivity index (χ3n) is 5.15. The molecule has 0 spiro atoms. The summed E-state index contributed by atoms with van der Waals surface area (Å²) in [5.74, 6) is 1.28. The lowest BCUT2D eigenvalue weighted by molar-refractivity contribution is 0.355. The zero-order valence-electron chi connectivity index (χ0n) is 16.7. The highest BCUT2D eigenvalue weighted by molar-refractivity contribution is 5.87. The zero-order chi connectivity index (χ0) is 20.4. The molecular weight excluding hydrogens is 364 g/mol. The highest BCUT2D eigenvalue weighted by Gasteiger charge is 2.18. The van der Waals surface area contributed by atoms with Crippen LogP contribution < -0.4 is 20.1 Å². The maximum atomic E-state index is 9.71. The van der Waals surface area contributed by atoms with Crippen LogP contribution in [-0.4, -0.2) is 25.7 Å². The Hall–Kier alpha value is -3.72. The van der Waals surface area contributed by atoms with Crippen molar-refractivity contribution in [3.8, 4) is 28.7 Å². The molecule has 0 fully saturated rings. The van der Waals surface area contributed by atoms with Gasteiger partial charge in [0.15, 0.2) is 11.5 Å². The van der Waals surface area contributed by atoms with E-state index >= 15 is 0 Å². The van der Waals surface area contributed by atoms with E-state index in [0.29, 0.717) is 17.1 Å². The second-order valence-corrected chi connectivity index (χ2v) is 6.86. The van der Waals surface area contributed by atoms with Gasteiger partial charge in [-0.15, -0.1) is 0 Å². The van der Waals surface area contributed by atoms with Gasteiger partial charge in [-0.05, 0) is 54.8 Å². The van der Waals surface area contributed by atoms with E-state index in [0.717, 1.165) is 41.2 Å². The smallest absolute Gasteiger partial charge is 0.161 e. The lowest BCUT2D eigenvalue weighted by Crippen LogP contribution is -2.02. The number of nitrogens with one attached hydrogen (secondary N) is 2. The number of hydrogen-bond acceptors (Lipinski definition) is 6. The molecule has 0 aliphatic carbocycles. The van der Waals surface area contributed by atoms with Gasteiger partial charge in [0, 0.05) is 35.4 Å². The average Bonchev–Trinajstić information content (AvgIpc) is 3.21. The molecule has 1 aromatic heterocycles. The predicted molar refractivity (Wildman–Crippen MR) is 114 cm³/mol. The standard InChI is InChI=1S/C23H22N4O2/c1-14-22(16-4-7-20(28-2)21(11-16)29-3)23(17(12-24)13-26-14)27-18-5-6-19-15(10-18)8-9-25-19/h4-7,10-11,13,25H,8-9H2,1-3H3,(H,26,27). The molecule has 0 bridgehead atoms. The van der Waals surface area contributed by atoms with Crippen molar-refractivity contribution in [3.05, 3.63) is 59.4 Å². The molecule has 2 heterocycles. The Bertz CT molecular complexity index is 1120. The molecule has 0 unspecified atom stereocenters. The fourth-order valence-corrected chi connectivity index (χ4v) is 3.69. The molecule has 1 aliphatic heterocycles. The van der Waals surface area contributed by atoms with Crippen molar-refractivity contribution in [2.75, 3.05) is 31.4 Å². The Morgan fingerprint density at radius 1 is 1.10 bits per heavy atom. The first-order valence-electron chi connectivity index (χ1n) is 9.40. The normalized spacial score (nSPS) is 11.9. The number of rotatable bonds is 5. The number of anilines is 3. The molecule has 0 saturated carbocycles. The molecule has 0 saturated heterocycles. The lowest BCUT2D eigenvalue weighted by Gasteiger charge is -2.18. The number of aromatic nitrogens is 1. The van der Waals surface area contributed by atoms with Crippen LogP contribution in [0.25, 0.3) is 11.1 Å². The summed E-state index contributed by atoms with van der Waals surface area (Å²) in [6.07, 6.45) is 2.60. The van der Waals surface area contributed by atoms with Crippen LogP contribution in [0.2, 0.25) is 0 Å². The van der Waals surface area contributed by atoms with Crippen LogP contribution in [0, 0.1) is 18.3 Å². The van der Waals surface area contributed by atoms with Crippen LogP contribution >= 0.6 is 0 Å². The number of methoxy groups -OCH3 is 2. The Kier molecular flexibility index (Phi) is 4.96. The Balaban J connectivity index is 1.84. The fourth-order valence-electron chi connectivity index (χ4n) is 3.69. The SMILES string of the molecule is COc1ccc(-c2c(C)ncc(C#N)c2Nc2ccc3c(c2)CCN3)cc1OC. The van der Waals surface area contributed by atoms with E-state index in [9.17, 15) is 5.26 Å². The maximum Gasteiger partial charge on any atom is 0.161 e. The molecule has 1 aliphatic rings. The van der Waals surface area contributed by atoms with Gasteiger partial charge in [0.1, 0.15) is 6.07 Å². The van der Waals surface area contributed by atoms with Crippen LogP contribution in [0.5, 0.6) is 11.5 Å². The first kappa shape index (κ1) is 18.6. The Labute approximate surface area is 170 Å². The number of pyridine rings is 1. The van der Waals surface area contributed by atoms with Gasteiger partial charge in [-0.3, -0.25) is 4.98 Å². The van der Waals surface area contributed by atoms with Gasteiger partial charge in [-0.2, -0.15) is 5.26 Å². The van der Waals surface area contributed by atoms with E-state index in [1.807, 2.05) is 31.2 Å². The molecule has 4 rings (SSSR count). The van der Waals surface area contributed by atoms with Crippen molar-refractivity contribution in [3.63, 3.8) is 0 Å². The van der Waals surface area contributed by atoms with Crippen LogP contribution in [0.4, 0.5) is 17.1 Å². The summed E-state index contributed by atoms with van der Waals surface area (Å²) in [6.45, 7) is 2.89. The molecular formula is C23H22N4O2. The average molecular weight is 386 g/mol. The number of aryl methyl sites for hydroxylation is 1. The Morgan fingerprint density at radius 3 is 2.69 bits per heavy atom. The summed E-state index contributed by atoms with van der Waals surface area (Å²) < 4.78 is 10.8. The number of hydrogen-bond donors (Lipinski definition) is 2. The van der Waals surface area contributed by atoms with Crippen molar-refractivity contribution < 1.29 is 9.47 Å². The molecule has 146 valence electrons.